The quantitative estimate of drug-likeness (QED) is 0.855. The molecule has 0 aliphatic heterocycles. The highest BCUT2D eigenvalue weighted by Gasteiger charge is 2.48. The molecule has 0 radical (unpaired) electrons. The van der Waals surface area contributed by atoms with E-state index in [4.69, 9.17) is 9.47 Å². The summed E-state index contributed by atoms with van der Waals surface area (Å²) in [5.41, 5.74) is 0.578. The van der Waals surface area contributed by atoms with Crippen molar-refractivity contribution in [3.05, 3.63) is 22.2 Å². The van der Waals surface area contributed by atoms with Crippen molar-refractivity contribution in [1.29, 1.82) is 5.26 Å². The zero-order valence-electron chi connectivity index (χ0n) is 9.21. The van der Waals surface area contributed by atoms with Crippen LogP contribution in [0.3, 0.4) is 0 Å². The third kappa shape index (κ3) is 1.65. The molecule has 0 unspecified atom stereocenters. The highest BCUT2D eigenvalue weighted by molar-refractivity contribution is 9.10. The van der Waals surface area contributed by atoms with Gasteiger partial charge in [0.15, 0.2) is 0 Å². The Hall–Kier alpha value is -1.21. The van der Waals surface area contributed by atoms with Crippen LogP contribution in [0.25, 0.3) is 0 Å². The maximum atomic E-state index is 9.22. The number of rotatable bonds is 3. The van der Waals surface area contributed by atoms with E-state index in [-0.39, 0.29) is 5.41 Å². The number of hydrogen-bond donors (Lipinski definition) is 0. The van der Waals surface area contributed by atoms with Crippen molar-refractivity contribution in [1.82, 2.24) is 0 Å². The van der Waals surface area contributed by atoms with Crippen LogP contribution in [0.15, 0.2) is 16.6 Å². The van der Waals surface area contributed by atoms with E-state index in [1.807, 2.05) is 12.1 Å². The first kappa shape index (κ1) is 11.3. The zero-order chi connectivity index (χ0) is 11.8. The Morgan fingerprint density at radius 1 is 1.31 bits per heavy atom. The van der Waals surface area contributed by atoms with Gasteiger partial charge in [0.2, 0.25) is 0 Å². The Kier molecular flexibility index (Phi) is 2.81. The molecule has 1 aliphatic carbocycles. The fourth-order valence-electron chi connectivity index (χ4n) is 1.84. The van der Waals surface area contributed by atoms with Crippen molar-refractivity contribution >= 4 is 15.9 Å². The maximum absolute atomic E-state index is 9.22. The molecule has 2 rings (SSSR count). The third-order valence-corrected chi connectivity index (χ3v) is 3.55. The fourth-order valence-corrected chi connectivity index (χ4v) is 2.64. The first-order valence-corrected chi connectivity index (χ1v) is 5.79. The molecule has 4 heteroatoms. The fraction of sp³-hybridized carbons (Fsp3) is 0.417. The first-order valence-electron chi connectivity index (χ1n) is 5.00. The van der Waals surface area contributed by atoms with E-state index in [2.05, 4.69) is 22.0 Å². The van der Waals surface area contributed by atoms with Crippen molar-refractivity contribution in [2.75, 3.05) is 14.2 Å². The minimum Gasteiger partial charge on any atom is -0.497 e. The van der Waals surface area contributed by atoms with Crippen molar-refractivity contribution in [3.8, 4) is 17.6 Å². The summed E-state index contributed by atoms with van der Waals surface area (Å²) in [6.45, 7) is 0. The standard InChI is InChI=1S/C12H12BrNO2/c1-15-8-5-9(13)11(10(6-8)16-2)12(7-14)3-4-12/h5-6H,3-4H2,1-2H3. The van der Waals surface area contributed by atoms with E-state index < -0.39 is 0 Å². The molecule has 0 aromatic heterocycles. The monoisotopic (exact) mass is 281 g/mol. The molecule has 0 amide bonds. The minimum atomic E-state index is -0.365. The summed E-state index contributed by atoms with van der Waals surface area (Å²) in [6, 6.07) is 6.06. The zero-order valence-corrected chi connectivity index (χ0v) is 10.8. The SMILES string of the molecule is COc1cc(Br)c(C2(C#N)CC2)c(OC)c1. The Labute approximate surface area is 103 Å². The van der Waals surface area contributed by atoms with Gasteiger partial charge in [-0.25, -0.2) is 0 Å². The summed E-state index contributed by atoms with van der Waals surface area (Å²) in [5.74, 6) is 1.44. The molecular formula is C12H12BrNO2. The summed E-state index contributed by atoms with van der Waals surface area (Å²) >= 11 is 3.49. The van der Waals surface area contributed by atoms with E-state index in [9.17, 15) is 5.26 Å². The van der Waals surface area contributed by atoms with E-state index in [0.29, 0.717) is 5.75 Å². The van der Waals surface area contributed by atoms with Gasteiger partial charge in [0.25, 0.3) is 0 Å². The number of nitriles is 1. The van der Waals surface area contributed by atoms with Crippen LogP contribution in [-0.2, 0) is 5.41 Å². The molecule has 1 fully saturated rings. The lowest BCUT2D eigenvalue weighted by molar-refractivity contribution is 0.389. The Bertz CT molecular complexity index is 461. The number of nitrogens with zero attached hydrogens (tertiary/aromatic N) is 1. The topological polar surface area (TPSA) is 42.2 Å². The normalized spacial score (nSPS) is 16.4. The van der Waals surface area contributed by atoms with E-state index in [1.54, 1.807) is 14.2 Å². The molecule has 0 heterocycles. The van der Waals surface area contributed by atoms with Crippen LogP contribution in [0, 0.1) is 11.3 Å². The molecule has 1 aromatic carbocycles. The van der Waals surface area contributed by atoms with Gasteiger partial charge in [-0.05, 0) is 18.9 Å². The number of benzene rings is 1. The molecule has 16 heavy (non-hydrogen) atoms. The molecule has 0 saturated heterocycles. The van der Waals surface area contributed by atoms with Gasteiger partial charge in [-0.3, -0.25) is 0 Å². The van der Waals surface area contributed by atoms with Gasteiger partial charge in [-0.1, -0.05) is 15.9 Å². The van der Waals surface area contributed by atoms with Crippen LogP contribution in [0.1, 0.15) is 18.4 Å². The molecule has 84 valence electrons. The second-order valence-electron chi connectivity index (χ2n) is 3.88. The maximum Gasteiger partial charge on any atom is 0.128 e. The molecule has 3 nitrogen and oxygen atoms in total. The molecule has 0 spiro atoms. The number of halogens is 1. The van der Waals surface area contributed by atoms with Crippen molar-refractivity contribution < 1.29 is 9.47 Å². The molecule has 1 aliphatic rings. The first-order chi connectivity index (χ1) is 7.66. The highest BCUT2D eigenvalue weighted by atomic mass is 79.9. The van der Waals surface area contributed by atoms with Gasteiger partial charge in [0.05, 0.1) is 25.7 Å². The second kappa shape index (κ2) is 3.99. The van der Waals surface area contributed by atoms with Crippen LogP contribution in [0.4, 0.5) is 0 Å². The van der Waals surface area contributed by atoms with Gasteiger partial charge < -0.3 is 9.47 Å². The van der Waals surface area contributed by atoms with E-state index in [0.717, 1.165) is 28.6 Å². The number of methoxy groups -OCH3 is 2. The Morgan fingerprint density at radius 2 is 2.00 bits per heavy atom. The molecular weight excluding hydrogens is 270 g/mol. The van der Waals surface area contributed by atoms with Gasteiger partial charge >= 0.3 is 0 Å². The van der Waals surface area contributed by atoms with Crippen molar-refractivity contribution in [3.63, 3.8) is 0 Å². The minimum absolute atomic E-state index is 0.365. The lowest BCUT2D eigenvalue weighted by atomic mass is 9.96. The summed E-state index contributed by atoms with van der Waals surface area (Å²) in [4.78, 5) is 0. The Morgan fingerprint density at radius 3 is 2.44 bits per heavy atom. The molecule has 1 aromatic rings. The van der Waals surface area contributed by atoms with E-state index >= 15 is 0 Å². The lowest BCUT2D eigenvalue weighted by Gasteiger charge is -2.15. The van der Waals surface area contributed by atoms with Crippen LogP contribution in [0.2, 0.25) is 0 Å². The lowest BCUT2D eigenvalue weighted by Crippen LogP contribution is -2.07. The largest absolute Gasteiger partial charge is 0.497 e. The molecule has 0 bridgehead atoms. The summed E-state index contributed by atoms with van der Waals surface area (Å²) in [5, 5.41) is 9.22. The predicted octanol–water partition coefficient (Wildman–Crippen LogP) is 3.02. The van der Waals surface area contributed by atoms with Crippen LogP contribution >= 0.6 is 15.9 Å². The van der Waals surface area contributed by atoms with Crippen molar-refractivity contribution in [2.45, 2.75) is 18.3 Å². The molecule has 1 saturated carbocycles. The summed E-state index contributed by atoms with van der Waals surface area (Å²) < 4.78 is 11.4. The molecule has 0 atom stereocenters. The average molecular weight is 282 g/mol. The summed E-state index contributed by atoms with van der Waals surface area (Å²) in [7, 11) is 3.22. The smallest absolute Gasteiger partial charge is 0.128 e. The van der Waals surface area contributed by atoms with Crippen LogP contribution in [-0.4, -0.2) is 14.2 Å². The van der Waals surface area contributed by atoms with Crippen LogP contribution < -0.4 is 9.47 Å². The van der Waals surface area contributed by atoms with Crippen molar-refractivity contribution in [2.24, 2.45) is 0 Å². The number of ether oxygens (including phenoxy) is 2. The van der Waals surface area contributed by atoms with Gasteiger partial charge in [-0.15, -0.1) is 0 Å². The van der Waals surface area contributed by atoms with Gasteiger partial charge in [0.1, 0.15) is 11.5 Å². The predicted molar refractivity (Wildman–Crippen MR) is 63.8 cm³/mol. The van der Waals surface area contributed by atoms with Gasteiger partial charge in [-0.2, -0.15) is 5.26 Å². The summed E-state index contributed by atoms with van der Waals surface area (Å²) in [6.07, 6.45) is 1.79. The second-order valence-corrected chi connectivity index (χ2v) is 4.73. The van der Waals surface area contributed by atoms with Crippen LogP contribution in [0.5, 0.6) is 11.5 Å². The highest BCUT2D eigenvalue weighted by Crippen LogP contribution is 2.54. The molecule has 0 N–H and O–H groups in total. The van der Waals surface area contributed by atoms with E-state index in [1.165, 1.54) is 0 Å². The van der Waals surface area contributed by atoms with Gasteiger partial charge in [0, 0.05) is 16.1 Å². The number of hydrogen-bond acceptors (Lipinski definition) is 3. The Balaban J connectivity index is 2.57. The average Bonchev–Trinajstić information content (AvgIpc) is 3.08. The third-order valence-electron chi connectivity index (χ3n) is 2.93.